The molecule has 4 N–H and O–H groups in total. The van der Waals surface area contributed by atoms with Crippen LogP contribution in [-0.4, -0.2) is 9.97 Å². The molecule has 0 bridgehead atoms. The number of para-hydroxylation sites is 2. The Balaban J connectivity index is 1.90. The quantitative estimate of drug-likeness (QED) is 0.488. The molecule has 0 spiro atoms. The van der Waals surface area contributed by atoms with Gasteiger partial charge in [-0.25, -0.2) is 0 Å². The molecule has 2 aromatic heterocycles. The van der Waals surface area contributed by atoms with Crippen LogP contribution < -0.4 is 16.0 Å². The summed E-state index contributed by atoms with van der Waals surface area (Å²) >= 11 is 0. The largest absolute Gasteiger partial charge is 0.439 e. The van der Waals surface area contributed by atoms with Gasteiger partial charge >= 0.3 is 0 Å². The van der Waals surface area contributed by atoms with E-state index >= 15 is 0 Å². The van der Waals surface area contributed by atoms with Crippen molar-refractivity contribution >= 4 is 21.8 Å². The zero-order valence-electron chi connectivity index (χ0n) is 14.1. The summed E-state index contributed by atoms with van der Waals surface area (Å²) < 4.78 is 5.77. The fourth-order valence-electron chi connectivity index (χ4n) is 3.82. The Morgan fingerprint density at radius 2 is 1.74 bits per heavy atom. The van der Waals surface area contributed by atoms with E-state index in [2.05, 4.69) is 16.0 Å². The summed E-state index contributed by atoms with van der Waals surface area (Å²) in [7, 11) is 0. The highest BCUT2D eigenvalue weighted by molar-refractivity contribution is 5.89. The van der Waals surface area contributed by atoms with Gasteiger partial charge in [0.25, 0.3) is 5.56 Å². The molecule has 0 amide bonds. The minimum Gasteiger partial charge on any atom is -0.439 e. The molecule has 27 heavy (non-hydrogen) atoms. The molecule has 0 radical (unpaired) electrons. The summed E-state index contributed by atoms with van der Waals surface area (Å²) in [5, 5.41) is 11.4. The van der Waals surface area contributed by atoms with Crippen LogP contribution in [0.15, 0.2) is 71.0 Å². The highest BCUT2D eigenvalue weighted by Gasteiger charge is 2.35. The van der Waals surface area contributed by atoms with Crippen LogP contribution in [0.2, 0.25) is 0 Å². The van der Waals surface area contributed by atoms with Crippen molar-refractivity contribution < 1.29 is 4.74 Å². The minimum atomic E-state index is -0.608. The standard InChI is InChI=1S/C21H14N4O2/c22-9-13-17(14-10-24-15-7-3-1-5-11(14)15)18-19(27-20(13)23)12-6-2-4-8-16(12)25-21(18)26/h1-8,10,17,24H,23H2,(H,25,26)/t17-/m1/s1. The second kappa shape index (κ2) is 5.51. The Morgan fingerprint density at radius 3 is 2.52 bits per heavy atom. The molecule has 0 fully saturated rings. The summed E-state index contributed by atoms with van der Waals surface area (Å²) in [5.41, 5.74) is 8.83. The molecule has 6 nitrogen and oxygen atoms in total. The molecule has 0 aliphatic carbocycles. The molecule has 3 heterocycles. The van der Waals surface area contributed by atoms with E-state index in [1.807, 2.05) is 48.7 Å². The number of nitriles is 1. The van der Waals surface area contributed by atoms with Crippen molar-refractivity contribution in [3.63, 3.8) is 0 Å². The lowest BCUT2D eigenvalue weighted by atomic mass is 9.83. The Kier molecular flexibility index (Phi) is 3.12. The second-order valence-corrected chi connectivity index (χ2v) is 6.46. The van der Waals surface area contributed by atoms with Gasteiger partial charge in [-0.05, 0) is 23.8 Å². The first kappa shape index (κ1) is 15.3. The van der Waals surface area contributed by atoms with E-state index in [0.29, 0.717) is 16.8 Å². The number of H-pyrrole nitrogens is 2. The third-order valence-electron chi connectivity index (χ3n) is 5.02. The summed E-state index contributed by atoms with van der Waals surface area (Å²) in [5.74, 6) is -0.180. The summed E-state index contributed by atoms with van der Waals surface area (Å²) in [6.07, 6.45) is 1.82. The number of nitrogens with two attached hydrogens (primary N) is 1. The fraction of sp³-hybridized carbons (Fsp3) is 0.0476. The van der Waals surface area contributed by atoms with Crippen LogP contribution in [0, 0.1) is 11.3 Å². The predicted octanol–water partition coefficient (Wildman–Crippen LogP) is 3.23. The average Bonchev–Trinajstić information content (AvgIpc) is 3.11. The molecule has 0 unspecified atom stereocenters. The van der Waals surface area contributed by atoms with Gasteiger partial charge in [0, 0.05) is 22.5 Å². The van der Waals surface area contributed by atoms with Gasteiger partial charge in [-0.2, -0.15) is 5.26 Å². The maximum absolute atomic E-state index is 13.0. The van der Waals surface area contributed by atoms with E-state index in [1.165, 1.54) is 0 Å². The van der Waals surface area contributed by atoms with Crippen molar-refractivity contribution in [1.82, 2.24) is 9.97 Å². The number of fused-ring (bicyclic) bond motifs is 4. The van der Waals surface area contributed by atoms with Crippen LogP contribution in [0.25, 0.3) is 21.8 Å². The molecular formula is C21H14N4O2. The normalized spacial score (nSPS) is 16.2. The van der Waals surface area contributed by atoms with E-state index in [1.54, 1.807) is 6.07 Å². The smallest absolute Gasteiger partial charge is 0.256 e. The van der Waals surface area contributed by atoms with Gasteiger partial charge in [0.15, 0.2) is 0 Å². The molecule has 0 saturated carbocycles. The van der Waals surface area contributed by atoms with E-state index in [9.17, 15) is 10.1 Å². The van der Waals surface area contributed by atoms with Crippen molar-refractivity contribution in [1.29, 1.82) is 5.26 Å². The van der Waals surface area contributed by atoms with Gasteiger partial charge in [-0.1, -0.05) is 30.3 Å². The Bertz CT molecular complexity index is 1350. The third kappa shape index (κ3) is 2.09. The maximum atomic E-state index is 13.0. The van der Waals surface area contributed by atoms with Crippen molar-refractivity contribution in [2.45, 2.75) is 5.92 Å². The maximum Gasteiger partial charge on any atom is 0.256 e. The number of nitrogens with one attached hydrogen (secondary N) is 2. The van der Waals surface area contributed by atoms with E-state index in [-0.39, 0.29) is 17.0 Å². The average molecular weight is 354 g/mol. The first-order valence-electron chi connectivity index (χ1n) is 8.47. The molecule has 1 aliphatic heterocycles. The van der Waals surface area contributed by atoms with Crippen LogP contribution in [0.4, 0.5) is 0 Å². The van der Waals surface area contributed by atoms with Crippen LogP contribution >= 0.6 is 0 Å². The predicted molar refractivity (Wildman–Crippen MR) is 102 cm³/mol. The van der Waals surface area contributed by atoms with Crippen LogP contribution in [0.5, 0.6) is 5.75 Å². The van der Waals surface area contributed by atoms with Gasteiger partial charge < -0.3 is 20.4 Å². The molecule has 5 rings (SSSR count). The molecule has 6 heteroatoms. The van der Waals surface area contributed by atoms with E-state index in [4.69, 9.17) is 10.5 Å². The highest BCUT2D eigenvalue weighted by Crippen LogP contribution is 2.44. The topological polar surface area (TPSA) is 108 Å². The molecular weight excluding hydrogens is 340 g/mol. The lowest BCUT2D eigenvalue weighted by Crippen LogP contribution is -2.27. The van der Waals surface area contributed by atoms with Gasteiger partial charge in [-0.15, -0.1) is 0 Å². The number of allylic oxidation sites excluding steroid dienone is 1. The number of pyridine rings is 1. The fourth-order valence-corrected chi connectivity index (χ4v) is 3.82. The van der Waals surface area contributed by atoms with Crippen molar-refractivity contribution in [2.75, 3.05) is 0 Å². The molecule has 130 valence electrons. The number of ether oxygens (including phenoxy) is 1. The van der Waals surface area contributed by atoms with Crippen LogP contribution in [-0.2, 0) is 0 Å². The summed E-state index contributed by atoms with van der Waals surface area (Å²) in [6.45, 7) is 0. The minimum absolute atomic E-state index is 0.0241. The SMILES string of the molecule is N#CC1=C(N)Oc2c(c(=O)[nH]c3ccccc23)[C@H]1c1c[nH]c2ccccc12. The van der Waals surface area contributed by atoms with Crippen LogP contribution in [0.3, 0.4) is 0 Å². The molecule has 2 aromatic carbocycles. The second-order valence-electron chi connectivity index (χ2n) is 6.46. The summed E-state index contributed by atoms with van der Waals surface area (Å²) in [6, 6.07) is 17.3. The Labute approximate surface area is 153 Å². The van der Waals surface area contributed by atoms with Crippen molar-refractivity contribution in [3.05, 3.63) is 87.7 Å². The van der Waals surface area contributed by atoms with Crippen molar-refractivity contribution in [2.24, 2.45) is 5.73 Å². The lowest BCUT2D eigenvalue weighted by Gasteiger charge is -2.26. The monoisotopic (exact) mass is 354 g/mol. The Hall–Kier alpha value is -3.98. The molecule has 1 atom stereocenters. The molecule has 0 saturated heterocycles. The van der Waals surface area contributed by atoms with Crippen LogP contribution in [0.1, 0.15) is 17.0 Å². The van der Waals surface area contributed by atoms with Gasteiger partial charge in [0.2, 0.25) is 5.88 Å². The lowest BCUT2D eigenvalue weighted by molar-refractivity contribution is 0.397. The van der Waals surface area contributed by atoms with Gasteiger partial charge in [0.1, 0.15) is 17.4 Å². The molecule has 1 aliphatic rings. The van der Waals surface area contributed by atoms with Gasteiger partial charge in [-0.3, -0.25) is 4.79 Å². The zero-order valence-corrected chi connectivity index (χ0v) is 14.1. The number of rotatable bonds is 1. The zero-order chi connectivity index (χ0) is 18.5. The molecule has 4 aromatic rings. The third-order valence-corrected chi connectivity index (χ3v) is 5.02. The van der Waals surface area contributed by atoms with Gasteiger partial charge in [0.05, 0.1) is 17.0 Å². The Morgan fingerprint density at radius 1 is 1.04 bits per heavy atom. The number of benzene rings is 2. The highest BCUT2D eigenvalue weighted by atomic mass is 16.5. The summed E-state index contributed by atoms with van der Waals surface area (Å²) in [4.78, 5) is 19.1. The van der Waals surface area contributed by atoms with E-state index in [0.717, 1.165) is 21.9 Å². The van der Waals surface area contributed by atoms with E-state index < -0.39 is 5.92 Å². The number of aromatic amines is 2. The number of nitrogens with zero attached hydrogens (tertiary/aromatic N) is 1. The number of aromatic nitrogens is 2. The number of hydrogen-bond donors (Lipinski definition) is 3. The van der Waals surface area contributed by atoms with Crippen molar-refractivity contribution in [3.8, 4) is 11.8 Å². The first-order chi connectivity index (χ1) is 13.2. The number of hydrogen-bond acceptors (Lipinski definition) is 4. The first-order valence-corrected chi connectivity index (χ1v) is 8.47.